The summed E-state index contributed by atoms with van der Waals surface area (Å²) < 4.78 is 5.78. The van der Waals surface area contributed by atoms with Crippen molar-refractivity contribution in [3.63, 3.8) is 0 Å². The van der Waals surface area contributed by atoms with E-state index < -0.39 is 11.3 Å². The van der Waals surface area contributed by atoms with Crippen molar-refractivity contribution in [3.8, 4) is 24.0 Å². The van der Waals surface area contributed by atoms with E-state index in [4.69, 9.17) is 10.5 Å². The summed E-state index contributed by atoms with van der Waals surface area (Å²) in [6, 6.07) is 13.9. The second-order valence-corrected chi connectivity index (χ2v) is 6.58. The van der Waals surface area contributed by atoms with E-state index in [2.05, 4.69) is 18.2 Å². The van der Waals surface area contributed by atoms with Crippen molar-refractivity contribution in [1.82, 2.24) is 0 Å². The molecular weight excluding hydrogens is 324 g/mol. The Morgan fingerprint density at radius 1 is 1.23 bits per heavy atom. The number of benzene rings is 1. The van der Waals surface area contributed by atoms with Crippen molar-refractivity contribution >= 4 is 0 Å². The fourth-order valence-electron chi connectivity index (χ4n) is 4.24. The first-order valence-electron chi connectivity index (χ1n) is 8.79. The topological polar surface area (TPSA) is 107 Å². The van der Waals surface area contributed by atoms with Crippen LogP contribution in [0.15, 0.2) is 47.2 Å². The number of rotatable bonds is 3. The average Bonchev–Trinajstić information content (AvgIpc) is 2.68. The highest BCUT2D eigenvalue weighted by atomic mass is 16.5. The minimum absolute atomic E-state index is 0.0608. The van der Waals surface area contributed by atoms with E-state index in [1.165, 1.54) is 0 Å². The molecule has 0 bridgehead atoms. The number of hydrogen-bond donors (Lipinski definition) is 1. The second kappa shape index (κ2) is 6.95. The van der Waals surface area contributed by atoms with E-state index in [0.29, 0.717) is 17.9 Å². The average molecular weight is 344 g/mol. The molecule has 1 aromatic rings. The highest BCUT2D eigenvalue weighted by molar-refractivity contribution is 5.60. The molecule has 5 heteroatoms. The van der Waals surface area contributed by atoms with Crippen LogP contribution in [0.2, 0.25) is 0 Å². The maximum absolute atomic E-state index is 10.0. The predicted molar refractivity (Wildman–Crippen MR) is 96.3 cm³/mol. The highest BCUT2D eigenvalue weighted by Gasteiger charge is 2.54. The molecule has 2 atom stereocenters. The molecule has 2 aliphatic rings. The van der Waals surface area contributed by atoms with E-state index >= 15 is 0 Å². The molecule has 0 radical (unpaired) electrons. The molecule has 2 aliphatic carbocycles. The number of fused-ring (bicyclic) bond motifs is 1. The lowest BCUT2D eigenvalue weighted by Gasteiger charge is -2.43. The number of nitrogens with two attached hydrogens (primary N) is 1. The van der Waals surface area contributed by atoms with Crippen molar-refractivity contribution in [1.29, 1.82) is 15.8 Å². The van der Waals surface area contributed by atoms with Crippen LogP contribution < -0.4 is 10.5 Å². The van der Waals surface area contributed by atoms with Gasteiger partial charge in [-0.1, -0.05) is 24.3 Å². The molecule has 0 unspecified atom stereocenters. The molecular formula is C21H20N4O. The quantitative estimate of drug-likeness (QED) is 0.900. The summed E-state index contributed by atoms with van der Waals surface area (Å²) in [5.74, 6) is 0.0866. The zero-order valence-electron chi connectivity index (χ0n) is 14.7. The van der Waals surface area contributed by atoms with E-state index in [-0.39, 0.29) is 11.6 Å². The van der Waals surface area contributed by atoms with Crippen LogP contribution in [-0.2, 0) is 0 Å². The third-order valence-corrected chi connectivity index (χ3v) is 5.35. The maximum Gasteiger partial charge on any atom is 0.191 e. The molecule has 26 heavy (non-hydrogen) atoms. The Hall–Kier alpha value is -3.23. The lowest BCUT2D eigenvalue weighted by Crippen LogP contribution is -2.42. The molecule has 0 heterocycles. The summed E-state index contributed by atoms with van der Waals surface area (Å²) in [5, 5.41) is 29.7. The monoisotopic (exact) mass is 344 g/mol. The zero-order valence-corrected chi connectivity index (χ0v) is 14.7. The molecule has 0 spiro atoms. The number of para-hydroxylation sites is 1. The van der Waals surface area contributed by atoms with E-state index in [0.717, 1.165) is 30.4 Å². The highest BCUT2D eigenvalue weighted by Crippen LogP contribution is 2.57. The molecule has 0 saturated carbocycles. The Balaban J connectivity index is 2.33. The predicted octanol–water partition coefficient (Wildman–Crippen LogP) is 3.68. The smallest absolute Gasteiger partial charge is 0.191 e. The Morgan fingerprint density at radius 2 is 1.96 bits per heavy atom. The number of nitrogens with zero attached hydrogens (tertiary/aromatic N) is 3. The fourth-order valence-corrected chi connectivity index (χ4v) is 4.24. The van der Waals surface area contributed by atoms with Crippen LogP contribution in [0.3, 0.4) is 0 Å². The molecule has 0 aromatic heterocycles. The molecule has 2 N–H and O–H groups in total. The van der Waals surface area contributed by atoms with Gasteiger partial charge >= 0.3 is 0 Å². The van der Waals surface area contributed by atoms with Gasteiger partial charge in [0.25, 0.3) is 0 Å². The van der Waals surface area contributed by atoms with Gasteiger partial charge in [0.05, 0.1) is 30.0 Å². The van der Waals surface area contributed by atoms with Gasteiger partial charge in [-0.25, -0.2) is 0 Å². The van der Waals surface area contributed by atoms with Gasteiger partial charge in [-0.3, -0.25) is 0 Å². The third-order valence-electron chi connectivity index (χ3n) is 5.35. The van der Waals surface area contributed by atoms with Gasteiger partial charge in [0, 0.05) is 11.5 Å². The van der Waals surface area contributed by atoms with E-state index in [1.54, 1.807) is 0 Å². The molecule has 1 aromatic carbocycles. The van der Waals surface area contributed by atoms with Crippen LogP contribution in [0.25, 0.3) is 0 Å². The van der Waals surface area contributed by atoms with Crippen LogP contribution in [0.1, 0.15) is 37.7 Å². The number of ether oxygens (including phenoxy) is 1. The van der Waals surface area contributed by atoms with Gasteiger partial charge in [0.15, 0.2) is 5.41 Å². The number of nitriles is 3. The summed E-state index contributed by atoms with van der Waals surface area (Å²) in [5.41, 5.74) is 6.72. The lowest BCUT2D eigenvalue weighted by atomic mass is 9.56. The minimum atomic E-state index is -1.59. The summed E-state index contributed by atoms with van der Waals surface area (Å²) in [4.78, 5) is 0. The normalized spacial score (nSPS) is 23.7. The first kappa shape index (κ1) is 17.6. The van der Waals surface area contributed by atoms with Crippen LogP contribution in [-0.4, -0.2) is 6.61 Å². The van der Waals surface area contributed by atoms with Gasteiger partial charge in [-0.05, 0) is 43.7 Å². The largest absolute Gasteiger partial charge is 0.494 e. The van der Waals surface area contributed by atoms with E-state index in [9.17, 15) is 15.8 Å². The van der Waals surface area contributed by atoms with Gasteiger partial charge in [0.1, 0.15) is 11.8 Å². The molecule has 130 valence electrons. The second-order valence-electron chi connectivity index (χ2n) is 6.58. The van der Waals surface area contributed by atoms with Crippen LogP contribution in [0.4, 0.5) is 0 Å². The SMILES string of the molecule is CCOc1ccccc1[C@@H]1[C@@H]2CCCC=C2C(C#N)=C(N)C1(C#N)C#N. The summed E-state index contributed by atoms with van der Waals surface area (Å²) in [7, 11) is 0. The first-order chi connectivity index (χ1) is 12.6. The maximum atomic E-state index is 10.0. The number of allylic oxidation sites excluding steroid dienone is 4. The van der Waals surface area contributed by atoms with Crippen LogP contribution in [0.5, 0.6) is 5.75 Å². The van der Waals surface area contributed by atoms with E-state index in [1.807, 2.05) is 37.3 Å². The minimum Gasteiger partial charge on any atom is -0.494 e. The van der Waals surface area contributed by atoms with Crippen molar-refractivity contribution in [3.05, 3.63) is 52.7 Å². The lowest BCUT2D eigenvalue weighted by molar-refractivity contribution is 0.291. The summed E-state index contributed by atoms with van der Waals surface area (Å²) in [6.45, 7) is 2.38. The molecule has 5 nitrogen and oxygen atoms in total. The molecule has 0 saturated heterocycles. The van der Waals surface area contributed by atoms with Crippen molar-refractivity contribution in [2.24, 2.45) is 17.1 Å². The fraction of sp³-hybridized carbons (Fsp3) is 0.381. The molecule has 0 amide bonds. The summed E-state index contributed by atoms with van der Waals surface area (Å²) in [6.07, 6.45) is 4.66. The molecule has 3 rings (SSSR count). The Kier molecular flexibility index (Phi) is 4.70. The first-order valence-corrected chi connectivity index (χ1v) is 8.79. The van der Waals surface area contributed by atoms with Crippen molar-refractivity contribution in [2.45, 2.75) is 32.1 Å². The van der Waals surface area contributed by atoms with Gasteiger partial charge in [0.2, 0.25) is 0 Å². The third kappa shape index (κ3) is 2.43. The molecule has 0 fully saturated rings. The van der Waals surface area contributed by atoms with Gasteiger partial charge in [-0.15, -0.1) is 0 Å². The molecule has 0 aliphatic heterocycles. The van der Waals surface area contributed by atoms with Gasteiger partial charge < -0.3 is 10.5 Å². The Bertz CT molecular complexity index is 893. The van der Waals surface area contributed by atoms with Gasteiger partial charge in [-0.2, -0.15) is 15.8 Å². The van der Waals surface area contributed by atoms with Crippen molar-refractivity contribution < 1.29 is 4.74 Å². The zero-order chi connectivity index (χ0) is 18.7. The van der Waals surface area contributed by atoms with Crippen LogP contribution >= 0.6 is 0 Å². The summed E-state index contributed by atoms with van der Waals surface area (Å²) >= 11 is 0. The number of hydrogen-bond acceptors (Lipinski definition) is 5. The van der Waals surface area contributed by atoms with Crippen molar-refractivity contribution in [2.75, 3.05) is 6.61 Å². The Labute approximate surface area is 153 Å². The standard InChI is InChI=1S/C21H20N4O/c1-2-26-18-10-6-5-9-16(18)19-15-8-4-3-7-14(15)17(11-22)20(25)21(19,12-23)13-24/h5-7,9-10,15,19H,2-4,8,25H2,1H3/t15-,19+/m1/s1. The van der Waals surface area contributed by atoms with Crippen LogP contribution in [0, 0.1) is 45.3 Å². The Morgan fingerprint density at radius 3 is 2.62 bits per heavy atom.